The second kappa shape index (κ2) is 6.33. The fourth-order valence-corrected chi connectivity index (χ4v) is 3.01. The third-order valence-electron chi connectivity index (χ3n) is 4.20. The lowest BCUT2D eigenvalue weighted by atomic mass is 9.99. The first-order chi connectivity index (χ1) is 12.3. The maximum absolute atomic E-state index is 12.8. The highest BCUT2D eigenvalue weighted by atomic mass is 16.6. The highest BCUT2D eigenvalue weighted by Gasteiger charge is 2.23. The van der Waals surface area contributed by atoms with Crippen LogP contribution in [0.25, 0.3) is 6.08 Å². The summed E-state index contributed by atoms with van der Waals surface area (Å²) in [4.78, 5) is 12.8. The third-order valence-corrected chi connectivity index (χ3v) is 4.20. The van der Waals surface area contributed by atoms with Crippen molar-refractivity contribution < 1.29 is 19.0 Å². The molecule has 2 aromatic carbocycles. The number of Topliss-reactive ketones (excluding diaryl/α,β-unsaturated/α-hetero) is 1. The van der Waals surface area contributed by atoms with Crippen LogP contribution in [0, 0.1) is 11.3 Å². The van der Waals surface area contributed by atoms with E-state index >= 15 is 0 Å². The van der Waals surface area contributed by atoms with Gasteiger partial charge in [-0.2, -0.15) is 5.26 Å². The van der Waals surface area contributed by atoms with E-state index < -0.39 is 0 Å². The quantitative estimate of drug-likeness (QED) is 0.490. The van der Waals surface area contributed by atoms with Crippen molar-refractivity contribution in [1.29, 1.82) is 5.26 Å². The lowest BCUT2D eigenvalue weighted by Gasteiger charge is -2.20. The zero-order chi connectivity index (χ0) is 17.2. The van der Waals surface area contributed by atoms with Crippen molar-refractivity contribution in [3.8, 4) is 23.3 Å². The fourth-order valence-electron chi connectivity index (χ4n) is 3.01. The Hall–Kier alpha value is -3.26. The molecule has 2 aromatic rings. The highest BCUT2D eigenvalue weighted by Crippen LogP contribution is 2.35. The minimum absolute atomic E-state index is 0.0569. The number of allylic oxidation sites excluding steroid dienone is 1. The summed E-state index contributed by atoms with van der Waals surface area (Å²) in [5.74, 6) is 1.43. The van der Waals surface area contributed by atoms with Gasteiger partial charge in [-0.3, -0.25) is 4.79 Å². The van der Waals surface area contributed by atoms with E-state index in [0.717, 1.165) is 23.3 Å². The number of rotatable bonds is 3. The highest BCUT2D eigenvalue weighted by molar-refractivity contribution is 6.15. The number of ether oxygens (including phenoxy) is 3. The molecule has 0 radical (unpaired) electrons. The van der Waals surface area contributed by atoms with Crippen molar-refractivity contribution in [2.75, 3.05) is 19.8 Å². The van der Waals surface area contributed by atoms with Gasteiger partial charge < -0.3 is 14.2 Å². The van der Waals surface area contributed by atoms with Gasteiger partial charge in [-0.15, -0.1) is 0 Å². The molecule has 0 saturated heterocycles. The number of carbonyl (C=O) groups excluding carboxylic acids is 1. The molecule has 0 aromatic heterocycles. The number of nitrogens with zero attached hydrogens (tertiary/aromatic N) is 1. The predicted molar refractivity (Wildman–Crippen MR) is 91.0 cm³/mol. The normalized spacial score (nSPS) is 15.1. The number of benzene rings is 2. The van der Waals surface area contributed by atoms with E-state index in [1.54, 1.807) is 24.3 Å². The van der Waals surface area contributed by atoms with Crippen molar-refractivity contribution in [3.63, 3.8) is 0 Å². The topological polar surface area (TPSA) is 68.5 Å². The maximum Gasteiger partial charge on any atom is 0.207 e. The second-order valence-electron chi connectivity index (χ2n) is 5.79. The van der Waals surface area contributed by atoms with Gasteiger partial charge in [0.25, 0.3) is 0 Å². The van der Waals surface area contributed by atoms with Crippen LogP contribution in [0.3, 0.4) is 0 Å². The molecule has 0 bridgehead atoms. The first-order valence-corrected chi connectivity index (χ1v) is 8.07. The summed E-state index contributed by atoms with van der Waals surface area (Å²) in [6.07, 6.45) is 2.44. The SMILES string of the molecule is N#CC(=Cc1ccc2c(c1)CCO2)C(=O)c1cccc2c1OCCO2. The van der Waals surface area contributed by atoms with Crippen molar-refractivity contribution in [2.24, 2.45) is 0 Å². The Morgan fingerprint density at radius 3 is 2.76 bits per heavy atom. The van der Waals surface area contributed by atoms with Gasteiger partial charge in [0.05, 0.1) is 12.2 Å². The number of para-hydroxylation sites is 1. The number of nitriles is 1. The Kier molecular flexibility index (Phi) is 3.87. The molecule has 2 aliphatic heterocycles. The van der Waals surface area contributed by atoms with Gasteiger partial charge in [0.15, 0.2) is 11.5 Å². The molecule has 25 heavy (non-hydrogen) atoms. The van der Waals surface area contributed by atoms with Crippen molar-refractivity contribution in [2.45, 2.75) is 6.42 Å². The number of hydrogen-bond acceptors (Lipinski definition) is 5. The zero-order valence-corrected chi connectivity index (χ0v) is 13.5. The average molecular weight is 333 g/mol. The van der Waals surface area contributed by atoms with Gasteiger partial charge in [-0.1, -0.05) is 12.1 Å². The molecule has 2 aliphatic rings. The minimum atomic E-state index is -0.374. The molecule has 0 saturated carbocycles. The number of fused-ring (bicyclic) bond motifs is 2. The molecule has 0 spiro atoms. The van der Waals surface area contributed by atoms with Crippen LogP contribution < -0.4 is 14.2 Å². The third kappa shape index (κ3) is 2.83. The van der Waals surface area contributed by atoms with Crippen LogP contribution in [0.15, 0.2) is 42.0 Å². The molecule has 0 N–H and O–H groups in total. The Bertz CT molecular complexity index is 924. The fraction of sp³-hybridized carbons (Fsp3) is 0.200. The summed E-state index contributed by atoms with van der Waals surface area (Å²) in [7, 11) is 0. The monoisotopic (exact) mass is 333 g/mol. The maximum atomic E-state index is 12.8. The second-order valence-corrected chi connectivity index (χ2v) is 5.79. The lowest BCUT2D eigenvalue weighted by Crippen LogP contribution is -2.18. The van der Waals surface area contributed by atoms with Gasteiger partial charge in [-0.05, 0) is 41.5 Å². The van der Waals surface area contributed by atoms with Gasteiger partial charge in [0, 0.05) is 6.42 Å². The minimum Gasteiger partial charge on any atom is -0.493 e. The number of hydrogen-bond donors (Lipinski definition) is 0. The first-order valence-electron chi connectivity index (χ1n) is 8.07. The predicted octanol–water partition coefficient (Wildman–Crippen LogP) is 3.18. The van der Waals surface area contributed by atoms with Crippen LogP contribution in [-0.2, 0) is 6.42 Å². The summed E-state index contributed by atoms with van der Waals surface area (Å²) in [6.45, 7) is 1.50. The van der Waals surface area contributed by atoms with E-state index in [1.807, 2.05) is 24.3 Å². The van der Waals surface area contributed by atoms with E-state index in [2.05, 4.69) is 0 Å². The van der Waals surface area contributed by atoms with Crippen molar-refractivity contribution in [1.82, 2.24) is 0 Å². The van der Waals surface area contributed by atoms with Crippen molar-refractivity contribution >= 4 is 11.9 Å². The zero-order valence-electron chi connectivity index (χ0n) is 13.5. The first kappa shape index (κ1) is 15.3. The Balaban J connectivity index is 1.70. The van der Waals surface area contributed by atoms with Crippen LogP contribution >= 0.6 is 0 Å². The van der Waals surface area contributed by atoms with E-state index in [-0.39, 0.29) is 11.4 Å². The van der Waals surface area contributed by atoms with Crippen molar-refractivity contribution in [3.05, 3.63) is 58.7 Å². The van der Waals surface area contributed by atoms with Crippen LogP contribution in [0.5, 0.6) is 17.2 Å². The van der Waals surface area contributed by atoms with E-state index in [0.29, 0.717) is 36.9 Å². The Morgan fingerprint density at radius 2 is 1.88 bits per heavy atom. The van der Waals surface area contributed by atoms with Crippen LogP contribution in [0.4, 0.5) is 0 Å². The van der Waals surface area contributed by atoms with Crippen LogP contribution in [0.2, 0.25) is 0 Å². The molecule has 4 rings (SSSR count). The summed E-state index contributed by atoms with van der Waals surface area (Å²) >= 11 is 0. The molecule has 0 aliphatic carbocycles. The molecule has 5 heteroatoms. The molecule has 0 fully saturated rings. The van der Waals surface area contributed by atoms with Crippen LogP contribution in [0.1, 0.15) is 21.5 Å². The Morgan fingerprint density at radius 1 is 1.04 bits per heavy atom. The number of carbonyl (C=O) groups is 1. The standard InChI is InChI=1S/C20H15NO4/c21-12-15(11-13-4-5-17-14(10-13)6-7-23-17)19(22)16-2-1-3-18-20(16)25-9-8-24-18/h1-5,10-11H,6-9H2. The lowest BCUT2D eigenvalue weighted by molar-refractivity contribution is 0.102. The van der Waals surface area contributed by atoms with Gasteiger partial charge in [-0.25, -0.2) is 0 Å². The molecule has 2 heterocycles. The Labute approximate surface area is 145 Å². The molecule has 0 unspecified atom stereocenters. The van der Waals surface area contributed by atoms with Gasteiger partial charge in [0.1, 0.15) is 30.6 Å². The molecule has 5 nitrogen and oxygen atoms in total. The van der Waals surface area contributed by atoms with Gasteiger partial charge >= 0.3 is 0 Å². The summed E-state index contributed by atoms with van der Waals surface area (Å²) < 4.78 is 16.6. The molecular formula is C20H15NO4. The van der Waals surface area contributed by atoms with E-state index in [4.69, 9.17) is 14.2 Å². The molecule has 0 amide bonds. The van der Waals surface area contributed by atoms with Crippen LogP contribution in [-0.4, -0.2) is 25.6 Å². The molecule has 124 valence electrons. The largest absolute Gasteiger partial charge is 0.493 e. The smallest absolute Gasteiger partial charge is 0.207 e. The summed E-state index contributed by atoms with van der Waals surface area (Å²) in [6, 6.07) is 12.8. The van der Waals surface area contributed by atoms with E-state index in [1.165, 1.54) is 0 Å². The summed E-state index contributed by atoms with van der Waals surface area (Å²) in [5, 5.41) is 9.48. The average Bonchev–Trinajstić information content (AvgIpc) is 3.13. The van der Waals surface area contributed by atoms with E-state index in [9.17, 15) is 10.1 Å². The van der Waals surface area contributed by atoms with Gasteiger partial charge in [0.2, 0.25) is 5.78 Å². The molecular weight excluding hydrogens is 318 g/mol. The molecule has 0 atom stereocenters. The summed E-state index contributed by atoms with van der Waals surface area (Å²) in [5.41, 5.74) is 2.29. The number of ketones is 1.